The zero-order valence-electron chi connectivity index (χ0n) is 10.5. The van der Waals surface area contributed by atoms with Gasteiger partial charge in [-0.05, 0) is 30.7 Å². The maximum atomic E-state index is 12.1. The van der Waals surface area contributed by atoms with Gasteiger partial charge in [-0.2, -0.15) is 0 Å². The third-order valence-electron chi connectivity index (χ3n) is 2.63. The zero-order valence-corrected chi connectivity index (χ0v) is 12.0. The lowest BCUT2D eigenvalue weighted by molar-refractivity contribution is -0.384. The van der Waals surface area contributed by atoms with Crippen molar-refractivity contribution in [1.29, 1.82) is 0 Å². The lowest BCUT2D eigenvalue weighted by Gasteiger charge is -2.07. The lowest BCUT2D eigenvalue weighted by atomic mass is 10.1. The van der Waals surface area contributed by atoms with E-state index in [1.54, 1.807) is 25.3 Å². The molecular weight excluding hydrogens is 326 g/mol. The van der Waals surface area contributed by atoms with Crippen molar-refractivity contribution in [3.63, 3.8) is 0 Å². The van der Waals surface area contributed by atoms with E-state index in [0.29, 0.717) is 16.9 Å². The fourth-order valence-corrected chi connectivity index (χ4v) is 2.01. The molecule has 0 atom stereocenters. The number of nitro benzene ring substituents is 1. The zero-order chi connectivity index (χ0) is 14.7. The summed E-state index contributed by atoms with van der Waals surface area (Å²) in [5.41, 5.74) is 0.865. The average Bonchev–Trinajstić information content (AvgIpc) is 2.38. The first-order valence-electron chi connectivity index (χ1n) is 5.65. The SMILES string of the molecule is Cc1cc([N+](=O)[O-])ccc1C(=O)Nc1cc(Br)ccn1. The van der Waals surface area contributed by atoms with Gasteiger partial charge < -0.3 is 5.32 Å². The molecule has 2 aromatic rings. The van der Waals surface area contributed by atoms with Gasteiger partial charge in [0.05, 0.1) is 4.92 Å². The van der Waals surface area contributed by atoms with E-state index in [1.165, 1.54) is 18.2 Å². The number of nitrogens with zero attached hydrogens (tertiary/aromatic N) is 2. The Morgan fingerprint density at radius 2 is 2.10 bits per heavy atom. The number of hydrogen-bond acceptors (Lipinski definition) is 4. The van der Waals surface area contributed by atoms with Crippen molar-refractivity contribution in [3.8, 4) is 0 Å². The highest BCUT2D eigenvalue weighted by atomic mass is 79.9. The topological polar surface area (TPSA) is 85.1 Å². The van der Waals surface area contributed by atoms with E-state index in [4.69, 9.17) is 0 Å². The first-order valence-corrected chi connectivity index (χ1v) is 6.44. The number of halogens is 1. The molecule has 1 N–H and O–H groups in total. The second kappa shape index (κ2) is 5.79. The molecule has 0 fully saturated rings. The van der Waals surface area contributed by atoms with Gasteiger partial charge in [-0.1, -0.05) is 15.9 Å². The largest absolute Gasteiger partial charge is 0.307 e. The van der Waals surface area contributed by atoms with Gasteiger partial charge in [-0.3, -0.25) is 14.9 Å². The smallest absolute Gasteiger partial charge is 0.269 e. The molecule has 20 heavy (non-hydrogen) atoms. The number of benzene rings is 1. The summed E-state index contributed by atoms with van der Waals surface area (Å²) in [6.45, 7) is 1.65. The molecule has 6 nitrogen and oxygen atoms in total. The maximum absolute atomic E-state index is 12.1. The van der Waals surface area contributed by atoms with Crippen molar-refractivity contribution >= 4 is 33.3 Å². The first-order chi connectivity index (χ1) is 9.47. The minimum atomic E-state index is -0.495. The second-order valence-electron chi connectivity index (χ2n) is 4.07. The Morgan fingerprint density at radius 3 is 2.70 bits per heavy atom. The first kappa shape index (κ1) is 14.1. The summed E-state index contributed by atoms with van der Waals surface area (Å²) in [6.07, 6.45) is 1.56. The van der Waals surface area contributed by atoms with Gasteiger partial charge in [0.1, 0.15) is 5.82 Å². The Morgan fingerprint density at radius 1 is 1.35 bits per heavy atom. The molecule has 7 heteroatoms. The van der Waals surface area contributed by atoms with Gasteiger partial charge in [-0.15, -0.1) is 0 Å². The summed E-state index contributed by atoms with van der Waals surface area (Å²) in [7, 11) is 0. The van der Waals surface area contributed by atoms with E-state index in [1.807, 2.05) is 0 Å². The molecule has 0 unspecified atom stereocenters. The number of aromatic nitrogens is 1. The third-order valence-corrected chi connectivity index (χ3v) is 3.12. The number of nitrogens with one attached hydrogen (secondary N) is 1. The molecule has 1 aromatic heterocycles. The molecular formula is C13H10BrN3O3. The van der Waals surface area contributed by atoms with Gasteiger partial charge in [0, 0.05) is 28.4 Å². The quantitative estimate of drug-likeness (QED) is 0.688. The van der Waals surface area contributed by atoms with Crippen molar-refractivity contribution < 1.29 is 9.72 Å². The Labute approximate surface area is 123 Å². The van der Waals surface area contributed by atoms with E-state index in [2.05, 4.69) is 26.2 Å². The van der Waals surface area contributed by atoms with E-state index in [0.717, 1.165) is 4.47 Å². The maximum Gasteiger partial charge on any atom is 0.269 e. The van der Waals surface area contributed by atoms with E-state index >= 15 is 0 Å². The number of amides is 1. The summed E-state index contributed by atoms with van der Waals surface area (Å²) >= 11 is 3.28. The van der Waals surface area contributed by atoms with Crippen LogP contribution in [0.15, 0.2) is 41.0 Å². The number of pyridine rings is 1. The number of non-ortho nitro benzene ring substituents is 1. The summed E-state index contributed by atoms with van der Waals surface area (Å²) in [5.74, 6) is 0.0464. The fourth-order valence-electron chi connectivity index (χ4n) is 1.67. The highest BCUT2D eigenvalue weighted by Crippen LogP contribution is 2.19. The van der Waals surface area contributed by atoms with Gasteiger partial charge in [-0.25, -0.2) is 4.98 Å². The van der Waals surface area contributed by atoms with Crippen LogP contribution in [-0.4, -0.2) is 15.8 Å². The van der Waals surface area contributed by atoms with Gasteiger partial charge in [0.15, 0.2) is 0 Å². The van der Waals surface area contributed by atoms with Gasteiger partial charge in [0.2, 0.25) is 0 Å². The van der Waals surface area contributed by atoms with Crippen LogP contribution < -0.4 is 5.32 Å². The van der Waals surface area contributed by atoms with Crippen molar-refractivity contribution in [2.45, 2.75) is 6.92 Å². The van der Waals surface area contributed by atoms with Crippen molar-refractivity contribution in [3.05, 3.63) is 62.2 Å². The number of rotatable bonds is 3. The number of hydrogen-bond donors (Lipinski definition) is 1. The van der Waals surface area contributed by atoms with Crippen LogP contribution in [0.25, 0.3) is 0 Å². The van der Waals surface area contributed by atoms with E-state index < -0.39 is 4.92 Å². The lowest BCUT2D eigenvalue weighted by Crippen LogP contribution is -2.14. The minimum Gasteiger partial charge on any atom is -0.307 e. The Hall–Kier alpha value is -2.28. The molecule has 1 amide bonds. The predicted molar refractivity (Wildman–Crippen MR) is 77.7 cm³/mol. The minimum absolute atomic E-state index is 0.0420. The Balaban J connectivity index is 2.23. The molecule has 0 aliphatic heterocycles. The molecule has 2 rings (SSSR count). The van der Waals surface area contributed by atoms with E-state index in [9.17, 15) is 14.9 Å². The van der Waals surface area contributed by atoms with Crippen LogP contribution >= 0.6 is 15.9 Å². The monoisotopic (exact) mass is 335 g/mol. The second-order valence-corrected chi connectivity index (χ2v) is 4.99. The van der Waals surface area contributed by atoms with Gasteiger partial charge >= 0.3 is 0 Å². The standard InChI is InChI=1S/C13H10BrN3O3/c1-8-6-10(17(19)20)2-3-11(8)13(18)16-12-7-9(14)4-5-15-12/h2-7H,1H3,(H,15,16,18). The molecule has 0 aliphatic rings. The molecule has 0 radical (unpaired) electrons. The molecule has 0 saturated carbocycles. The Kier molecular flexibility index (Phi) is 4.09. The Bertz CT molecular complexity index is 688. The molecule has 0 saturated heterocycles. The number of anilines is 1. The summed E-state index contributed by atoms with van der Waals surface area (Å²) in [4.78, 5) is 26.3. The van der Waals surface area contributed by atoms with Crippen LogP contribution in [0.2, 0.25) is 0 Å². The summed E-state index contributed by atoms with van der Waals surface area (Å²) in [5, 5.41) is 13.3. The van der Waals surface area contributed by atoms with Gasteiger partial charge in [0.25, 0.3) is 11.6 Å². The van der Waals surface area contributed by atoms with Crippen LogP contribution in [-0.2, 0) is 0 Å². The molecule has 1 aromatic carbocycles. The van der Waals surface area contributed by atoms with Crippen LogP contribution in [0, 0.1) is 17.0 Å². The van der Waals surface area contributed by atoms with Crippen molar-refractivity contribution in [1.82, 2.24) is 4.98 Å². The number of nitro groups is 1. The molecule has 1 heterocycles. The van der Waals surface area contributed by atoms with Crippen molar-refractivity contribution in [2.75, 3.05) is 5.32 Å². The molecule has 0 spiro atoms. The molecule has 0 aliphatic carbocycles. The van der Waals surface area contributed by atoms with Crippen LogP contribution in [0.3, 0.4) is 0 Å². The third kappa shape index (κ3) is 3.18. The highest BCUT2D eigenvalue weighted by Gasteiger charge is 2.14. The normalized spacial score (nSPS) is 10.1. The molecule has 0 bridgehead atoms. The van der Waals surface area contributed by atoms with Crippen molar-refractivity contribution in [2.24, 2.45) is 0 Å². The number of aryl methyl sites for hydroxylation is 1. The number of carbonyl (C=O) groups excluding carboxylic acids is 1. The van der Waals surface area contributed by atoms with E-state index in [-0.39, 0.29) is 11.6 Å². The highest BCUT2D eigenvalue weighted by molar-refractivity contribution is 9.10. The average molecular weight is 336 g/mol. The molecule has 102 valence electrons. The van der Waals surface area contributed by atoms with Crippen LogP contribution in [0.5, 0.6) is 0 Å². The van der Waals surface area contributed by atoms with Crippen LogP contribution in [0.1, 0.15) is 15.9 Å². The fraction of sp³-hybridized carbons (Fsp3) is 0.0769. The summed E-state index contributed by atoms with van der Waals surface area (Å²) in [6, 6.07) is 7.51. The number of carbonyl (C=O) groups is 1. The predicted octanol–water partition coefficient (Wildman–Crippen LogP) is 3.31. The van der Waals surface area contributed by atoms with Crippen LogP contribution in [0.4, 0.5) is 11.5 Å². The summed E-state index contributed by atoms with van der Waals surface area (Å²) < 4.78 is 0.795.